The number of rotatable bonds is 6. The molecule has 1 N–H and O–H groups in total. The van der Waals surface area contributed by atoms with Gasteiger partial charge in [0.15, 0.2) is 5.78 Å². The van der Waals surface area contributed by atoms with Gasteiger partial charge in [-0.3, -0.25) is 4.79 Å². The number of allylic oxidation sites excluding steroid dienone is 3. The first kappa shape index (κ1) is 23.6. The first-order valence-electron chi connectivity index (χ1n) is 11.7. The number of anilines is 1. The van der Waals surface area contributed by atoms with Crippen LogP contribution in [-0.2, 0) is 14.3 Å². The third kappa shape index (κ3) is 4.45. The van der Waals surface area contributed by atoms with Crippen molar-refractivity contribution in [3.8, 4) is 5.75 Å². The average Bonchev–Trinajstić information content (AvgIpc) is 2.83. The predicted octanol–water partition coefficient (Wildman–Crippen LogP) is 4.69. The maximum Gasteiger partial charge on any atom is 0.336 e. The lowest BCUT2D eigenvalue weighted by Gasteiger charge is -2.36. The van der Waals surface area contributed by atoms with Gasteiger partial charge in [-0.05, 0) is 61.6 Å². The smallest absolute Gasteiger partial charge is 0.336 e. The Balaban J connectivity index is 1.76. The maximum atomic E-state index is 13.6. The molecular weight excluding hydrogens is 428 g/mol. The largest absolute Gasteiger partial charge is 0.497 e. The van der Waals surface area contributed by atoms with Gasteiger partial charge in [0, 0.05) is 49.1 Å². The van der Waals surface area contributed by atoms with Gasteiger partial charge in [-0.2, -0.15) is 0 Å². The third-order valence-electron chi connectivity index (χ3n) is 6.65. The number of carbonyl (C=O) groups is 2. The average molecular weight is 461 g/mol. The number of ketones is 1. The van der Waals surface area contributed by atoms with Crippen LogP contribution in [-0.4, -0.2) is 39.6 Å². The zero-order valence-corrected chi connectivity index (χ0v) is 20.5. The zero-order valence-electron chi connectivity index (χ0n) is 20.5. The van der Waals surface area contributed by atoms with E-state index in [1.807, 2.05) is 74.4 Å². The van der Waals surface area contributed by atoms with Crippen LogP contribution < -0.4 is 15.0 Å². The van der Waals surface area contributed by atoms with Crippen molar-refractivity contribution in [2.75, 3.05) is 32.7 Å². The lowest BCUT2D eigenvalue weighted by atomic mass is 9.71. The Labute approximate surface area is 201 Å². The van der Waals surface area contributed by atoms with E-state index in [0.717, 1.165) is 34.0 Å². The third-order valence-corrected chi connectivity index (χ3v) is 6.65. The first-order chi connectivity index (χ1) is 16.3. The number of esters is 1. The highest BCUT2D eigenvalue weighted by Gasteiger charge is 2.41. The normalized spacial score (nSPS) is 20.0. The summed E-state index contributed by atoms with van der Waals surface area (Å²) in [6, 6.07) is 15.9. The van der Waals surface area contributed by atoms with E-state index in [0.29, 0.717) is 24.0 Å². The van der Waals surface area contributed by atoms with Crippen molar-refractivity contribution in [1.29, 1.82) is 0 Å². The van der Waals surface area contributed by atoms with E-state index in [2.05, 4.69) is 5.32 Å². The second-order valence-electron chi connectivity index (χ2n) is 9.00. The number of nitrogens with zero attached hydrogens (tertiary/aromatic N) is 1. The molecule has 0 amide bonds. The quantitative estimate of drug-likeness (QED) is 0.631. The molecule has 0 saturated carbocycles. The molecule has 2 aliphatic rings. The van der Waals surface area contributed by atoms with Crippen LogP contribution in [0.25, 0.3) is 0 Å². The van der Waals surface area contributed by atoms with Gasteiger partial charge in [-0.25, -0.2) is 4.79 Å². The summed E-state index contributed by atoms with van der Waals surface area (Å²) in [5.41, 5.74) is 5.89. The van der Waals surface area contributed by atoms with E-state index in [-0.39, 0.29) is 24.3 Å². The second-order valence-corrected chi connectivity index (χ2v) is 9.00. The van der Waals surface area contributed by atoms with Crippen molar-refractivity contribution in [3.63, 3.8) is 0 Å². The molecule has 178 valence electrons. The fourth-order valence-electron chi connectivity index (χ4n) is 4.93. The molecule has 2 atom stereocenters. The summed E-state index contributed by atoms with van der Waals surface area (Å²) in [5.74, 6) is 0.0891. The molecule has 0 unspecified atom stereocenters. The molecule has 0 saturated heterocycles. The highest BCUT2D eigenvalue weighted by atomic mass is 16.5. The van der Waals surface area contributed by atoms with Crippen LogP contribution in [0.1, 0.15) is 49.7 Å². The number of hydrogen-bond acceptors (Lipinski definition) is 6. The van der Waals surface area contributed by atoms with Gasteiger partial charge in [0.05, 0.1) is 19.3 Å². The molecule has 0 fully saturated rings. The van der Waals surface area contributed by atoms with E-state index in [9.17, 15) is 9.59 Å². The van der Waals surface area contributed by atoms with Gasteiger partial charge in [0.2, 0.25) is 0 Å². The van der Waals surface area contributed by atoms with Gasteiger partial charge in [0.25, 0.3) is 0 Å². The predicted molar refractivity (Wildman–Crippen MR) is 133 cm³/mol. The molecular formula is C28H32N2O4. The molecule has 6 nitrogen and oxygen atoms in total. The molecule has 6 heteroatoms. The summed E-state index contributed by atoms with van der Waals surface area (Å²) >= 11 is 0. The van der Waals surface area contributed by atoms with Crippen molar-refractivity contribution in [1.82, 2.24) is 5.32 Å². The number of dihydropyridines is 1. The Morgan fingerprint density at radius 2 is 1.68 bits per heavy atom. The summed E-state index contributed by atoms with van der Waals surface area (Å²) in [5, 5.41) is 3.39. The molecule has 2 aromatic rings. The van der Waals surface area contributed by atoms with Gasteiger partial charge in [0.1, 0.15) is 5.75 Å². The Morgan fingerprint density at radius 1 is 1.03 bits per heavy atom. The van der Waals surface area contributed by atoms with E-state index < -0.39 is 5.92 Å². The van der Waals surface area contributed by atoms with E-state index >= 15 is 0 Å². The summed E-state index contributed by atoms with van der Waals surface area (Å²) in [4.78, 5) is 28.7. The molecule has 34 heavy (non-hydrogen) atoms. The number of ether oxygens (including phenoxy) is 2. The van der Waals surface area contributed by atoms with Gasteiger partial charge in [-0.15, -0.1) is 0 Å². The highest BCUT2D eigenvalue weighted by molar-refractivity contribution is 6.04. The van der Waals surface area contributed by atoms with Gasteiger partial charge in [-0.1, -0.05) is 24.3 Å². The molecule has 0 spiro atoms. The first-order valence-corrected chi connectivity index (χ1v) is 11.7. The van der Waals surface area contributed by atoms with Gasteiger partial charge < -0.3 is 19.7 Å². The van der Waals surface area contributed by atoms with Crippen molar-refractivity contribution in [3.05, 3.63) is 82.2 Å². The van der Waals surface area contributed by atoms with Crippen molar-refractivity contribution in [2.45, 2.75) is 38.5 Å². The highest BCUT2D eigenvalue weighted by Crippen LogP contribution is 2.46. The lowest BCUT2D eigenvalue weighted by molar-refractivity contribution is -0.138. The zero-order chi connectivity index (χ0) is 24.4. The molecule has 1 aliphatic heterocycles. The van der Waals surface area contributed by atoms with E-state index in [4.69, 9.17) is 9.47 Å². The van der Waals surface area contributed by atoms with Crippen LogP contribution in [0.4, 0.5) is 5.69 Å². The lowest BCUT2D eigenvalue weighted by Crippen LogP contribution is -2.36. The van der Waals surface area contributed by atoms with Crippen LogP contribution in [0.2, 0.25) is 0 Å². The van der Waals surface area contributed by atoms with E-state index in [1.54, 1.807) is 14.0 Å². The fourth-order valence-corrected chi connectivity index (χ4v) is 4.93. The number of benzene rings is 2. The minimum absolute atomic E-state index is 0.0607. The topological polar surface area (TPSA) is 67.9 Å². The van der Waals surface area contributed by atoms with Crippen molar-refractivity contribution < 1.29 is 19.1 Å². The Morgan fingerprint density at radius 3 is 2.26 bits per heavy atom. The maximum absolute atomic E-state index is 13.6. The molecule has 0 radical (unpaired) electrons. The summed E-state index contributed by atoms with van der Waals surface area (Å²) < 4.78 is 10.7. The Hall–Kier alpha value is -3.54. The van der Waals surface area contributed by atoms with Crippen LogP contribution >= 0.6 is 0 Å². The number of hydrogen-bond donors (Lipinski definition) is 1. The molecule has 2 aromatic carbocycles. The van der Waals surface area contributed by atoms with Crippen LogP contribution in [0, 0.1) is 0 Å². The summed E-state index contributed by atoms with van der Waals surface area (Å²) in [6.07, 6.45) is 1.10. The fraction of sp³-hybridized carbons (Fsp3) is 0.357. The number of Topliss-reactive ketones (excluding diaryl/α,β-unsaturated/α-hetero) is 1. The SMILES string of the molecule is CCOC(=O)C1=C(C)NC2=C(C(=O)C[C@H](c3ccc(OC)cc3)C2)[C@@H]1c1ccc(N(C)C)cc1. The minimum atomic E-state index is -0.448. The monoisotopic (exact) mass is 460 g/mol. The minimum Gasteiger partial charge on any atom is -0.497 e. The Bertz CT molecular complexity index is 1140. The number of carbonyl (C=O) groups excluding carboxylic acids is 2. The van der Waals surface area contributed by atoms with Crippen LogP contribution in [0.5, 0.6) is 5.75 Å². The molecule has 0 bridgehead atoms. The second kappa shape index (κ2) is 9.75. The molecule has 4 rings (SSSR count). The molecule has 0 aromatic heterocycles. The number of methoxy groups -OCH3 is 1. The van der Waals surface area contributed by atoms with Crippen molar-refractivity contribution in [2.24, 2.45) is 0 Å². The van der Waals surface area contributed by atoms with Crippen LogP contribution in [0.3, 0.4) is 0 Å². The van der Waals surface area contributed by atoms with E-state index in [1.165, 1.54) is 0 Å². The van der Waals surface area contributed by atoms with Crippen molar-refractivity contribution >= 4 is 17.4 Å². The van der Waals surface area contributed by atoms with Crippen LogP contribution in [0.15, 0.2) is 71.1 Å². The molecule has 1 heterocycles. The molecule has 1 aliphatic carbocycles. The summed E-state index contributed by atoms with van der Waals surface area (Å²) in [6.45, 7) is 3.96. The standard InChI is InChI=1S/C28H32N2O4/c1-6-34-28(32)25-17(2)29-23-15-20(18-9-13-22(33-5)14-10-18)16-24(31)27(23)26(25)19-7-11-21(12-8-19)30(3)4/h7-14,20,26,29H,6,15-16H2,1-5H3/t20-,26-/m1/s1. The Kier molecular flexibility index (Phi) is 6.77. The summed E-state index contributed by atoms with van der Waals surface area (Å²) in [7, 11) is 5.61. The number of nitrogens with one attached hydrogen (secondary N) is 1. The van der Waals surface area contributed by atoms with Gasteiger partial charge >= 0.3 is 5.97 Å².